The maximum Gasteiger partial charge on any atom is 0.125 e. The summed E-state index contributed by atoms with van der Waals surface area (Å²) in [6.07, 6.45) is 6.18. The van der Waals surface area contributed by atoms with Crippen LogP contribution >= 0.6 is 11.6 Å². The second-order valence-corrected chi connectivity index (χ2v) is 5.50. The minimum atomic E-state index is -0.160. The van der Waals surface area contributed by atoms with Crippen LogP contribution in [0.25, 0.3) is 0 Å². The average Bonchev–Trinajstić information content (AvgIpc) is 2.46. The summed E-state index contributed by atoms with van der Waals surface area (Å²) in [6.45, 7) is 0.0244. The molecule has 3 nitrogen and oxygen atoms in total. The van der Waals surface area contributed by atoms with Gasteiger partial charge in [-0.15, -0.1) is 0 Å². The Morgan fingerprint density at radius 3 is 2.74 bits per heavy atom. The van der Waals surface area contributed by atoms with Crippen molar-refractivity contribution < 1.29 is 9.84 Å². The van der Waals surface area contributed by atoms with Crippen LogP contribution in [0.5, 0.6) is 5.75 Å². The van der Waals surface area contributed by atoms with Crippen molar-refractivity contribution in [3.63, 3.8) is 0 Å². The van der Waals surface area contributed by atoms with Crippen molar-refractivity contribution in [2.45, 2.75) is 44.2 Å². The number of benzene rings is 1. The molecule has 0 aromatic heterocycles. The summed E-state index contributed by atoms with van der Waals surface area (Å²) in [5.74, 6) is 0.731. The Bertz CT molecular complexity index is 405. The van der Waals surface area contributed by atoms with Crippen molar-refractivity contribution in [1.29, 1.82) is 0 Å². The Balaban J connectivity index is 2.16. The Labute approximate surface area is 119 Å². The number of nitrogens with one attached hydrogen (secondary N) is 1. The number of methoxy groups -OCH3 is 1. The average molecular weight is 284 g/mol. The first kappa shape index (κ1) is 14.6. The van der Waals surface area contributed by atoms with E-state index >= 15 is 0 Å². The maximum atomic E-state index is 9.68. The Morgan fingerprint density at radius 2 is 2.11 bits per heavy atom. The molecule has 4 heteroatoms. The first-order valence-corrected chi connectivity index (χ1v) is 7.33. The van der Waals surface area contributed by atoms with E-state index in [-0.39, 0.29) is 12.6 Å². The zero-order valence-electron chi connectivity index (χ0n) is 11.4. The molecule has 0 heterocycles. The van der Waals surface area contributed by atoms with Gasteiger partial charge < -0.3 is 15.2 Å². The molecule has 106 valence electrons. The number of halogens is 1. The smallest absolute Gasteiger partial charge is 0.125 e. The highest BCUT2D eigenvalue weighted by atomic mass is 35.5. The lowest BCUT2D eigenvalue weighted by Crippen LogP contribution is -2.36. The fourth-order valence-electron chi connectivity index (χ4n) is 2.81. The molecule has 1 aromatic rings. The van der Waals surface area contributed by atoms with Crippen LogP contribution in [0.4, 0.5) is 0 Å². The number of hydrogen-bond donors (Lipinski definition) is 2. The van der Waals surface area contributed by atoms with Gasteiger partial charge >= 0.3 is 0 Å². The van der Waals surface area contributed by atoms with Gasteiger partial charge in [0.05, 0.1) is 19.8 Å². The van der Waals surface area contributed by atoms with Crippen molar-refractivity contribution in [3.8, 4) is 5.75 Å². The summed E-state index contributed by atoms with van der Waals surface area (Å²) >= 11 is 6.27. The van der Waals surface area contributed by atoms with Gasteiger partial charge in [-0.2, -0.15) is 0 Å². The fourth-order valence-corrected chi connectivity index (χ4v) is 3.11. The molecule has 1 aliphatic carbocycles. The van der Waals surface area contributed by atoms with Crippen LogP contribution in [-0.4, -0.2) is 24.9 Å². The molecule has 1 atom stereocenters. The number of ether oxygens (including phenoxy) is 1. The van der Waals surface area contributed by atoms with Crippen LogP contribution in [-0.2, 0) is 0 Å². The minimum absolute atomic E-state index is 0.0244. The van der Waals surface area contributed by atoms with Crippen LogP contribution in [0.3, 0.4) is 0 Å². The molecule has 0 radical (unpaired) electrons. The van der Waals surface area contributed by atoms with Crippen molar-refractivity contribution in [2.75, 3.05) is 13.7 Å². The summed E-state index contributed by atoms with van der Waals surface area (Å²) < 4.78 is 5.36. The van der Waals surface area contributed by atoms with Gasteiger partial charge in [0.15, 0.2) is 0 Å². The van der Waals surface area contributed by atoms with Gasteiger partial charge in [-0.25, -0.2) is 0 Å². The molecule has 1 fully saturated rings. The van der Waals surface area contributed by atoms with Crippen molar-refractivity contribution in [2.24, 2.45) is 0 Å². The van der Waals surface area contributed by atoms with E-state index in [9.17, 15) is 5.11 Å². The number of aliphatic hydroxyl groups is 1. The SMILES string of the molecule is COc1cccc(Cl)c1C(CO)NC1CCCCC1. The lowest BCUT2D eigenvalue weighted by atomic mass is 9.94. The highest BCUT2D eigenvalue weighted by molar-refractivity contribution is 6.31. The van der Waals surface area contributed by atoms with Crippen LogP contribution in [0.1, 0.15) is 43.7 Å². The summed E-state index contributed by atoms with van der Waals surface area (Å²) in [4.78, 5) is 0. The van der Waals surface area contributed by atoms with Gasteiger partial charge in [-0.3, -0.25) is 0 Å². The molecule has 2 rings (SSSR count). The van der Waals surface area contributed by atoms with Gasteiger partial charge in [0.25, 0.3) is 0 Å². The van der Waals surface area contributed by atoms with Gasteiger partial charge in [0.1, 0.15) is 5.75 Å². The third kappa shape index (κ3) is 3.62. The standard InChI is InChI=1S/C15H22ClNO2/c1-19-14-9-5-8-12(16)15(14)13(10-18)17-11-6-3-2-4-7-11/h5,8-9,11,13,17-18H,2-4,6-7,10H2,1H3. The van der Waals surface area contributed by atoms with E-state index in [0.717, 1.165) is 11.3 Å². The number of aliphatic hydroxyl groups excluding tert-OH is 1. The summed E-state index contributed by atoms with van der Waals surface area (Å²) in [6, 6.07) is 5.88. The zero-order valence-corrected chi connectivity index (χ0v) is 12.1. The van der Waals surface area contributed by atoms with E-state index in [4.69, 9.17) is 16.3 Å². The molecule has 1 saturated carbocycles. The molecular formula is C15H22ClNO2. The molecule has 0 bridgehead atoms. The zero-order chi connectivity index (χ0) is 13.7. The van der Waals surface area contributed by atoms with Gasteiger partial charge in [0.2, 0.25) is 0 Å². The Hall–Kier alpha value is -0.770. The number of hydrogen-bond acceptors (Lipinski definition) is 3. The van der Waals surface area contributed by atoms with E-state index in [2.05, 4.69) is 5.32 Å². The van der Waals surface area contributed by atoms with Gasteiger partial charge in [-0.05, 0) is 25.0 Å². The van der Waals surface area contributed by atoms with E-state index in [1.54, 1.807) is 7.11 Å². The van der Waals surface area contributed by atoms with E-state index in [1.807, 2.05) is 18.2 Å². The third-order valence-electron chi connectivity index (χ3n) is 3.81. The Morgan fingerprint density at radius 1 is 1.37 bits per heavy atom. The molecule has 1 aromatic carbocycles. The highest BCUT2D eigenvalue weighted by Crippen LogP contribution is 2.33. The molecule has 0 saturated heterocycles. The summed E-state index contributed by atoms with van der Waals surface area (Å²) in [5, 5.41) is 13.8. The van der Waals surface area contributed by atoms with Gasteiger partial charge in [-0.1, -0.05) is 36.9 Å². The van der Waals surface area contributed by atoms with Gasteiger partial charge in [0, 0.05) is 16.6 Å². The van der Waals surface area contributed by atoms with Crippen LogP contribution in [0.2, 0.25) is 5.02 Å². The normalized spacial score (nSPS) is 18.3. The summed E-state index contributed by atoms with van der Waals surface area (Å²) in [5.41, 5.74) is 0.861. The molecule has 0 aliphatic heterocycles. The van der Waals surface area contributed by atoms with Crippen LogP contribution in [0, 0.1) is 0 Å². The van der Waals surface area contributed by atoms with E-state index < -0.39 is 0 Å². The van der Waals surface area contributed by atoms with Crippen molar-refractivity contribution in [3.05, 3.63) is 28.8 Å². The second-order valence-electron chi connectivity index (χ2n) is 5.09. The topological polar surface area (TPSA) is 41.5 Å². The molecule has 1 aliphatic rings. The monoisotopic (exact) mass is 283 g/mol. The minimum Gasteiger partial charge on any atom is -0.496 e. The fraction of sp³-hybridized carbons (Fsp3) is 0.600. The maximum absolute atomic E-state index is 9.68. The first-order valence-electron chi connectivity index (χ1n) is 6.95. The predicted octanol–water partition coefficient (Wildman–Crippen LogP) is 3.30. The number of rotatable bonds is 5. The highest BCUT2D eigenvalue weighted by Gasteiger charge is 2.23. The largest absolute Gasteiger partial charge is 0.496 e. The van der Waals surface area contributed by atoms with E-state index in [1.165, 1.54) is 32.1 Å². The van der Waals surface area contributed by atoms with Crippen LogP contribution < -0.4 is 10.1 Å². The summed E-state index contributed by atoms with van der Waals surface area (Å²) in [7, 11) is 1.63. The molecule has 19 heavy (non-hydrogen) atoms. The molecule has 2 N–H and O–H groups in total. The van der Waals surface area contributed by atoms with Crippen LogP contribution in [0.15, 0.2) is 18.2 Å². The molecule has 1 unspecified atom stereocenters. The van der Waals surface area contributed by atoms with Crippen molar-refractivity contribution >= 4 is 11.6 Å². The Kier molecular flexibility index (Phi) is 5.49. The van der Waals surface area contributed by atoms with Crippen molar-refractivity contribution in [1.82, 2.24) is 5.32 Å². The predicted molar refractivity (Wildman–Crippen MR) is 77.8 cm³/mol. The lowest BCUT2D eigenvalue weighted by molar-refractivity contribution is 0.217. The molecule has 0 spiro atoms. The third-order valence-corrected chi connectivity index (χ3v) is 4.14. The molecule has 0 amide bonds. The molecular weight excluding hydrogens is 262 g/mol. The second kappa shape index (κ2) is 7.13. The lowest BCUT2D eigenvalue weighted by Gasteiger charge is -2.29. The van der Waals surface area contributed by atoms with E-state index in [0.29, 0.717) is 11.1 Å². The quantitative estimate of drug-likeness (QED) is 0.871. The first-order chi connectivity index (χ1) is 9.26.